The Hall–Kier alpha value is -2.05. The molecule has 0 atom stereocenters. The maximum atomic E-state index is 12.9. The van der Waals surface area contributed by atoms with Gasteiger partial charge in [0, 0.05) is 25.2 Å². The van der Waals surface area contributed by atoms with Gasteiger partial charge in [0.25, 0.3) is 0 Å². The van der Waals surface area contributed by atoms with Gasteiger partial charge >= 0.3 is 0 Å². The molecule has 1 aromatic heterocycles. The zero-order valence-electron chi connectivity index (χ0n) is 18.4. The zero-order chi connectivity index (χ0) is 23.3. The monoisotopic (exact) mass is 485 g/mol. The minimum absolute atomic E-state index is 0.0456. The number of likely N-dealkylation sites (N-methyl/N-ethyl adjacent to an activating group) is 1. The number of nitrogens with zero attached hydrogens (tertiary/aromatic N) is 4. The van der Waals surface area contributed by atoms with Crippen molar-refractivity contribution in [3.05, 3.63) is 34.9 Å². The highest BCUT2D eigenvalue weighted by molar-refractivity contribution is 7.89. The van der Waals surface area contributed by atoms with Crippen LogP contribution in [0.2, 0.25) is 5.02 Å². The third-order valence-corrected chi connectivity index (χ3v) is 7.10. The van der Waals surface area contributed by atoms with E-state index in [9.17, 15) is 13.2 Å². The van der Waals surface area contributed by atoms with E-state index >= 15 is 0 Å². The van der Waals surface area contributed by atoms with Crippen molar-refractivity contribution in [3.63, 3.8) is 0 Å². The Labute approximate surface area is 192 Å². The van der Waals surface area contributed by atoms with Crippen LogP contribution in [0.15, 0.2) is 27.6 Å². The highest BCUT2D eigenvalue weighted by Gasteiger charge is 2.28. The number of anilines is 1. The van der Waals surface area contributed by atoms with E-state index in [1.807, 2.05) is 0 Å². The van der Waals surface area contributed by atoms with Crippen molar-refractivity contribution in [2.75, 3.05) is 45.2 Å². The van der Waals surface area contributed by atoms with Crippen LogP contribution in [0.5, 0.6) is 0 Å². The second-order valence-corrected chi connectivity index (χ2v) is 10.4. The Kier molecular flexibility index (Phi) is 8.23. The van der Waals surface area contributed by atoms with Crippen molar-refractivity contribution in [1.29, 1.82) is 0 Å². The molecular formula is C20H28ClN5O5S. The molecule has 1 saturated heterocycles. The fraction of sp³-hybridized carbons (Fsp3) is 0.550. The van der Waals surface area contributed by atoms with Crippen molar-refractivity contribution < 1.29 is 22.5 Å². The molecule has 2 heterocycles. The third kappa shape index (κ3) is 6.48. The third-order valence-electron chi connectivity index (χ3n) is 4.72. The normalized spacial score (nSPS) is 15.4. The van der Waals surface area contributed by atoms with Crippen molar-refractivity contribution >= 4 is 33.2 Å². The molecule has 10 nitrogen and oxygen atoms in total. The summed E-state index contributed by atoms with van der Waals surface area (Å²) in [7, 11) is -2.04. The van der Waals surface area contributed by atoms with E-state index in [2.05, 4.69) is 29.3 Å². The van der Waals surface area contributed by atoms with Crippen molar-refractivity contribution in [2.24, 2.45) is 5.92 Å². The van der Waals surface area contributed by atoms with E-state index in [4.69, 9.17) is 20.9 Å². The summed E-state index contributed by atoms with van der Waals surface area (Å²) in [4.78, 5) is 18.5. The number of nitrogens with one attached hydrogen (secondary N) is 1. The summed E-state index contributed by atoms with van der Waals surface area (Å²) in [5.41, 5.74) is 0.344. The summed E-state index contributed by atoms with van der Waals surface area (Å²) < 4.78 is 37.7. The van der Waals surface area contributed by atoms with E-state index < -0.39 is 10.0 Å². The Bertz CT molecular complexity index is 1040. The number of amides is 1. The smallest absolute Gasteiger partial charge is 0.244 e. The van der Waals surface area contributed by atoms with Crippen LogP contribution in [-0.4, -0.2) is 73.6 Å². The molecule has 1 aliphatic heterocycles. The fourth-order valence-corrected chi connectivity index (χ4v) is 5.15. The lowest BCUT2D eigenvalue weighted by Crippen LogP contribution is -2.40. The number of aromatic nitrogens is 2. The molecule has 0 spiro atoms. The Morgan fingerprint density at radius 1 is 1.31 bits per heavy atom. The molecule has 176 valence electrons. The second kappa shape index (κ2) is 10.7. The average Bonchev–Trinajstić information content (AvgIpc) is 3.15. The lowest BCUT2D eigenvalue weighted by atomic mass is 10.1. The van der Waals surface area contributed by atoms with Crippen LogP contribution in [0.1, 0.15) is 25.6 Å². The zero-order valence-corrected chi connectivity index (χ0v) is 19.9. The maximum absolute atomic E-state index is 12.9. The first kappa shape index (κ1) is 24.6. The molecule has 1 fully saturated rings. The molecule has 32 heavy (non-hydrogen) atoms. The van der Waals surface area contributed by atoms with Crippen molar-refractivity contribution in [2.45, 2.75) is 31.7 Å². The van der Waals surface area contributed by atoms with E-state index in [-0.39, 0.29) is 35.5 Å². The molecule has 0 aliphatic carbocycles. The van der Waals surface area contributed by atoms with Crippen molar-refractivity contribution in [3.8, 4) is 0 Å². The van der Waals surface area contributed by atoms with Crippen LogP contribution < -0.4 is 5.32 Å². The van der Waals surface area contributed by atoms with Gasteiger partial charge in [0.15, 0.2) is 5.82 Å². The van der Waals surface area contributed by atoms with Gasteiger partial charge in [-0.05, 0) is 31.2 Å². The van der Waals surface area contributed by atoms with Gasteiger partial charge in [-0.1, -0.05) is 30.6 Å². The number of halogens is 1. The first-order chi connectivity index (χ1) is 15.1. The molecule has 0 saturated carbocycles. The Balaban J connectivity index is 1.61. The largest absolute Gasteiger partial charge is 0.379 e. The predicted octanol–water partition coefficient (Wildman–Crippen LogP) is 2.01. The first-order valence-electron chi connectivity index (χ1n) is 10.3. The number of sulfonamides is 1. The number of hydrogen-bond acceptors (Lipinski definition) is 8. The second-order valence-electron chi connectivity index (χ2n) is 8.08. The van der Waals surface area contributed by atoms with Gasteiger partial charge in [0.1, 0.15) is 4.90 Å². The number of carbonyl (C=O) groups excluding carboxylic acids is 1. The lowest BCUT2D eigenvalue weighted by molar-refractivity contribution is -0.117. The molecule has 2 aromatic rings. The maximum Gasteiger partial charge on any atom is 0.244 e. The topological polar surface area (TPSA) is 118 Å². The summed E-state index contributed by atoms with van der Waals surface area (Å²) in [6.07, 6.45) is 0.722. The highest BCUT2D eigenvalue weighted by atomic mass is 35.5. The quantitative estimate of drug-likeness (QED) is 0.573. The van der Waals surface area contributed by atoms with E-state index in [0.717, 1.165) is 6.42 Å². The minimum atomic E-state index is -3.79. The molecule has 3 rings (SSSR count). The summed E-state index contributed by atoms with van der Waals surface area (Å²) in [6, 6.07) is 4.40. The summed E-state index contributed by atoms with van der Waals surface area (Å²) in [5.74, 6) is 1.18. The summed E-state index contributed by atoms with van der Waals surface area (Å²) in [5, 5.41) is 6.76. The SMILES string of the molecule is CC(C)Cc1noc(CN(C)CC(=O)Nc2ccc(Cl)c(S(=O)(=O)N3CCOCC3)c2)n1. The molecular weight excluding hydrogens is 458 g/mol. The number of benzene rings is 1. The fourth-order valence-electron chi connectivity index (χ4n) is 3.24. The Morgan fingerprint density at radius 2 is 2.03 bits per heavy atom. The van der Waals surface area contributed by atoms with Crippen molar-refractivity contribution in [1.82, 2.24) is 19.3 Å². The van der Waals surface area contributed by atoms with Gasteiger partial charge in [0.05, 0.1) is 31.3 Å². The van der Waals surface area contributed by atoms with Gasteiger partial charge in [-0.15, -0.1) is 0 Å². The first-order valence-corrected chi connectivity index (χ1v) is 12.1. The van der Waals surface area contributed by atoms with E-state index in [0.29, 0.717) is 43.1 Å². The number of morpholine rings is 1. The number of hydrogen-bond donors (Lipinski definition) is 1. The highest BCUT2D eigenvalue weighted by Crippen LogP contribution is 2.28. The molecule has 1 aliphatic rings. The van der Waals surface area contributed by atoms with Crippen LogP contribution in [0.4, 0.5) is 5.69 Å². The number of rotatable bonds is 9. The number of ether oxygens (including phenoxy) is 1. The Morgan fingerprint density at radius 3 is 2.72 bits per heavy atom. The van der Waals surface area contributed by atoms with E-state index in [1.54, 1.807) is 18.0 Å². The standard InChI is InChI=1S/C20H28ClN5O5S/c1-14(2)10-18-23-20(31-24-18)13-25(3)12-19(27)22-15-4-5-16(21)17(11-15)32(28,29)26-6-8-30-9-7-26/h4-5,11,14H,6-10,12-13H2,1-3H3,(H,22,27). The van der Waals surface area contributed by atoms with Crippen LogP contribution in [0, 0.1) is 5.92 Å². The molecule has 0 bridgehead atoms. The molecule has 0 unspecified atom stereocenters. The van der Waals surface area contributed by atoms with Gasteiger partial charge < -0.3 is 14.6 Å². The predicted molar refractivity (Wildman–Crippen MR) is 119 cm³/mol. The van der Waals surface area contributed by atoms with Gasteiger partial charge in [-0.25, -0.2) is 8.42 Å². The summed E-state index contributed by atoms with van der Waals surface area (Å²) >= 11 is 6.16. The average molecular weight is 486 g/mol. The molecule has 12 heteroatoms. The molecule has 1 N–H and O–H groups in total. The van der Waals surface area contributed by atoms with Gasteiger partial charge in [0.2, 0.25) is 21.8 Å². The van der Waals surface area contributed by atoms with Crippen LogP contribution in [0.25, 0.3) is 0 Å². The molecule has 0 radical (unpaired) electrons. The molecule has 1 aromatic carbocycles. The van der Waals surface area contributed by atoms with Gasteiger partial charge in [-0.2, -0.15) is 9.29 Å². The summed E-state index contributed by atoms with van der Waals surface area (Å²) in [6.45, 7) is 5.69. The van der Waals surface area contributed by atoms with E-state index in [1.165, 1.54) is 16.4 Å². The van der Waals surface area contributed by atoms with Gasteiger partial charge in [-0.3, -0.25) is 9.69 Å². The minimum Gasteiger partial charge on any atom is -0.379 e. The number of carbonyl (C=O) groups is 1. The van der Waals surface area contributed by atoms with Crippen LogP contribution in [0.3, 0.4) is 0 Å². The lowest BCUT2D eigenvalue weighted by Gasteiger charge is -2.26. The molecule has 1 amide bonds. The van der Waals surface area contributed by atoms with Crippen LogP contribution >= 0.6 is 11.6 Å². The van der Waals surface area contributed by atoms with Crippen LogP contribution in [-0.2, 0) is 32.5 Å².